The number of nitrogens with one attached hydrogen (secondary N) is 2. The van der Waals surface area contributed by atoms with Gasteiger partial charge in [-0.2, -0.15) is 0 Å². The average Bonchev–Trinajstić information content (AvgIpc) is 3.21. The number of thiophene rings is 1. The van der Waals surface area contributed by atoms with E-state index in [1.54, 1.807) is 6.07 Å². The largest absolute Gasteiger partial charge is 0.356 e. The van der Waals surface area contributed by atoms with Crippen LogP contribution in [0.1, 0.15) is 48.0 Å². The second-order valence-electron chi connectivity index (χ2n) is 5.13. The third-order valence-corrected chi connectivity index (χ3v) is 4.90. The third-order valence-electron chi connectivity index (χ3n) is 3.23. The van der Waals surface area contributed by atoms with Gasteiger partial charge in [-0.05, 0) is 24.3 Å². The highest BCUT2D eigenvalue weighted by Gasteiger charge is 2.10. The van der Waals surface area contributed by atoms with Gasteiger partial charge in [0.25, 0.3) is 5.91 Å². The Hall–Kier alpha value is -1.73. The molecular formula is C16H21N3O2S2. The SMILES string of the molecule is CCCCCNC(=O)CCc1csc(NC(=O)c2cccs2)n1. The van der Waals surface area contributed by atoms with Gasteiger partial charge in [0.2, 0.25) is 5.91 Å². The van der Waals surface area contributed by atoms with Gasteiger partial charge >= 0.3 is 0 Å². The lowest BCUT2D eigenvalue weighted by Gasteiger charge is -2.03. The van der Waals surface area contributed by atoms with Crippen LogP contribution >= 0.6 is 22.7 Å². The Labute approximate surface area is 144 Å². The van der Waals surface area contributed by atoms with E-state index in [0.717, 1.165) is 31.5 Å². The average molecular weight is 351 g/mol. The molecule has 2 heterocycles. The minimum absolute atomic E-state index is 0.0540. The molecule has 0 spiro atoms. The van der Waals surface area contributed by atoms with Gasteiger partial charge in [0.15, 0.2) is 5.13 Å². The van der Waals surface area contributed by atoms with Gasteiger partial charge in [0.1, 0.15) is 0 Å². The molecule has 124 valence electrons. The van der Waals surface area contributed by atoms with Crippen LogP contribution in [-0.2, 0) is 11.2 Å². The van der Waals surface area contributed by atoms with E-state index in [1.807, 2.05) is 16.8 Å². The summed E-state index contributed by atoms with van der Waals surface area (Å²) in [6.45, 7) is 2.88. The Kier molecular flexibility index (Phi) is 7.22. The predicted octanol–water partition coefficient (Wildman–Crippen LogP) is 3.70. The van der Waals surface area contributed by atoms with E-state index >= 15 is 0 Å². The summed E-state index contributed by atoms with van der Waals surface area (Å²) in [6, 6.07) is 3.61. The van der Waals surface area contributed by atoms with Gasteiger partial charge in [-0.25, -0.2) is 4.98 Å². The number of amides is 2. The van der Waals surface area contributed by atoms with Crippen molar-refractivity contribution in [1.82, 2.24) is 10.3 Å². The molecule has 0 aliphatic carbocycles. The van der Waals surface area contributed by atoms with Gasteiger partial charge in [-0.15, -0.1) is 22.7 Å². The maximum atomic E-state index is 11.9. The number of rotatable bonds is 9. The molecule has 0 radical (unpaired) electrons. The van der Waals surface area contributed by atoms with Crippen molar-refractivity contribution in [3.8, 4) is 0 Å². The summed E-state index contributed by atoms with van der Waals surface area (Å²) >= 11 is 2.78. The molecular weight excluding hydrogens is 330 g/mol. The maximum absolute atomic E-state index is 11.9. The van der Waals surface area contributed by atoms with Crippen molar-refractivity contribution in [3.63, 3.8) is 0 Å². The molecule has 0 atom stereocenters. The zero-order valence-electron chi connectivity index (χ0n) is 13.1. The smallest absolute Gasteiger partial charge is 0.267 e. The van der Waals surface area contributed by atoms with E-state index in [-0.39, 0.29) is 11.8 Å². The third kappa shape index (κ3) is 6.11. The number of thiazole rings is 1. The van der Waals surface area contributed by atoms with Gasteiger partial charge in [-0.3, -0.25) is 14.9 Å². The molecule has 2 rings (SSSR count). The second kappa shape index (κ2) is 9.42. The van der Waals surface area contributed by atoms with Crippen LogP contribution in [0, 0.1) is 0 Å². The summed E-state index contributed by atoms with van der Waals surface area (Å²) in [7, 11) is 0. The fraction of sp³-hybridized carbons (Fsp3) is 0.438. The van der Waals surface area contributed by atoms with Crippen molar-refractivity contribution < 1.29 is 9.59 Å². The standard InChI is InChI=1S/C16H21N3O2S2/c1-2-3-4-9-17-14(20)8-7-12-11-23-16(18-12)19-15(21)13-6-5-10-22-13/h5-6,10-11H,2-4,7-9H2,1H3,(H,17,20)(H,18,19,21). The van der Waals surface area contributed by atoms with Crippen LogP contribution in [0.5, 0.6) is 0 Å². The van der Waals surface area contributed by atoms with Crippen LogP contribution in [0.3, 0.4) is 0 Å². The van der Waals surface area contributed by atoms with E-state index in [0.29, 0.717) is 22.9 Å². The van der Waals surface area contributed by atoms with Crippen molar-refractivity contribution in [1.29, 1.82) is 0 Å². The number of hydrogen-bond acceptors (Lipinski definition) is 5. The van der Waals surface area contributed by atoms with Crippen molar-refractivity contribution >= 4 is 39.6 Å². The Bertz CT molecular complexity index is 623. The van der Waals surface area contributed by atoms with E-state index < -0.39 is 0 Å². The van der Waals surface area contributed by atoms with Crippen molar-refractivity contribution in [2.75, 3.05) is 11.9 Å². The molecule has 2 N–H and O–H groups in total. The molecule has 0 aliphatic heterocycles. The van der Waals surface area contributed by atoms with Crippen LogP contribution in [0.15, 0.2) is 22.9 Å². The first-order chi connectivity index (χ1) is 11.2. The summed E-state index contributed by atoms with van der Waals surface area (Å²) in [6.07, 6.45) is 4.32. The quantitative estimate of drug-likeness (QED) is 0.677. The molecule has 0 aromatic carbocycles. The summed E-state index contributed by atoms with van der Waals surface area (Å²) in [5.74, 6) is -0.0900. The lowest BCUT2D eigenvalue weighted by molar-refractivity contribution is -0.121. The number of unbranched alkanes of at least 4 members (excludes halogenated alkanes) is 2. The molecule has 2 aromatic rings. The molecule has 0 bridgehead atoms. The summed E-state index contributed by atoms with van der Waals surface area (Å²) in [5.41, 5.74) is 0.834. The zero-order valence-corrected chi connectivity index (χ0v) is 14.8. The maximum Gasteiger partial charge on any atom is 0.267 e. The fourth-order valence-electron chi connectivity index (χ4n) is 1.98. The zero-order chi connectivity index (χ0) is 16.5. The van der Waals surface area contributed by atoms with E-state index in [2.05, 4.69) is 22.5 Å². The molecule has 0 aliphatic rings. The van der Waals surface area contributed by atoms with Crippen LogP contribution < -0.4 is 10.6 Å². The van der Waals surface area contributed by atoms with Crippen LogP contribution in [0.25, 0.3) is 0 Å². The molecule has 0 saturated heterocycles. The van der Waals surface area contributed by atoms with E-state index in [9.17, 15) is 9.59 Å². The second-order valence-corrected chi connectivity index (χ2v) is 6.94. The number of hydrogen-bond donors (Lipinski definition) is 2. The number of aromatic nitrogens is 1. The van der Waals surface area contributed by atoms with Crippen LogP contribution in [0.4, 0.5) is 5.13 Å². The van der Waals surface area contributed by atoms with Crippen molar-refractivity contribution in [2.45, 2.75) is 39.0 Å². The molecule has 0 saturated carbocycles. The lowest BCUT2D eigenvalue weighted by Crippen LogP contribution is -2.24. The van der Waals surface area contributed by atoms with Crippen LogP contribution in [0.2, 0.25) is 0 Å². The highest BCUT2D eigenvalue weighted by molar-refractivity contribution is 7.14. The minimum atomic E-state index is -0.144. The van der Waals surface area contributed by atoms with Gasteiger partial charge in [-0.1, -0.05) is 25.8 Å². The topological polar surface area (TPSA) is 71.1 Å². The first-order valence-corrected chi connectivity index (χ1v) is 9.51. The Morgan fingerprint density at radius 3 is 2.87 bits per heavy atom. The monoisotopic (exact) mass is 351 g/mol. The normalized spacial score (nSPS) is 10.5. The molecule has 5 nitrogen and oxygen atoms in total. The Morgan fingerprint density at radius 1 is 1.26 bits per heavy atom. The van der Waals surface area contributed by atoms with E-state index in [4.69, 9.17) is 0 Å². The summed E-state index contributed by atoms with van der Waals surface area (Å²) < 4.78 is 0. The number of anilines is 1. The van der Waals surface area contributed by atoms with Gasteiger partial charge < -0.3 is 5.32 Å². The molecule has 7 heteroatoms. The van der Waals surface area contributed by atoms with Crippen molar-refractivity contribution in [2.24, 2.45) is 0 Å². The highest BCUT2D eigenvalue weighted by atomic mass is 32.1. The number of carbonyl (C=O) groups excluding carboxylic acids is 2. The predicted molar refractivity (Wildman–Crippen MR) is 95.2 cm³/mol. The van der Waals surface area contributed by atoms with Gasteiger partial charge in [0.05, 0.1) is 10.6 Å². The van der Waals surface area contributed by atoms with Crippen LogP contribution in [-0.4, -0.2) is 23.3 Å². The Balaban J connectivity index is 1.72. The molecule has 23 heavy (non-hydrogen) atoms. The molecule has 2 aromatic heterocycles. The summed E-state index contributed by atoms with van der Waals surface area (Å²) in [5, 5.41) is 10.0. The number of nitrogens with zero attached hydrogens (tertiary/aromatic N) is 1. The van der Waals surface area contributed by atoms with E-state index in [1.165, 1.54) is 22.7 Å². The first kappa shape index (κ1) is 17.6. The number of carbonyl (C=O) groups is 2. The van der Waals surface area contributed by atoms with Crippen molar-refractivity contribution in [3.05, 3.63) is 33.5 Å². The fourth-order valence-corrected chi connectivity index (χ4v) is 3.34. The molecule has 0 fully saturated rings. The van der Waals surface area contributed by atoms with Gasteiger partial charge in [0, 0.05) is 18.3 Å². The molecule has 2 amide bonds. The lowest BCUT2D eigenvalue weighted by atomic mass is 10.2. The highest BCUT2D eigenvalue weighted by Crippen LogP contribution is 2.18. The Morgan fingerprint density at radius 2 is 2.13 bits per heavy atom. The minimum Gasteiger partial charge on any atom is -0.356 e. The molecule has 0 unspecified atom stereocenters. The summed E-state index contributed by atoms with van der Waals surface area (Å²) in [4.78, 5) is 28.7. The first-order valence-electron chi connectivity index (χ1n) is 7.75. The number of aryl methyl sites for hydroxylation is 1.